The normalized spacial score (nSPS) is 10.5. The van der Waals surface area contributed by atoms with Crippen molar-refractivity contribution in [1.82, 2.24) is 9.38 Å². The third-order valence-corrected chi connectivity index (χ3v) is 3.59. The van der Waals surface area contributed by atoms with Crippen LogP contribution in [0.15, 0.2) is 53.5 Å². The molecule has 7 heteroatoms. The van der Waals surface area contributed by atoms with Gasteiger partial charge in [-0.25, -0.2) is 0 Å². The maximum Gasteiger partial charge on any atom is 0.262 e. The molecule has 0 unspecified atom stereocenters. The number of nitrogens with one attached hydrogen (secondary N) is 1. The minimum atomic E-state index is -0.378. The summed E-state index contributed by atoms with van der Waals surface area (Å²) in [7, 11) is 1.52. The highest BCUT2D eigenvalue weighted by molar-refractivity contribution is 5.93. The first kappa shape index (κ1) is 16.5. The van der Waals surface area contributed by atoms with Gasteiger partial charge in [-0.05, 0) is 30.7 Å². The predicted molar refractivity (Wildman–Crippen MR) is 93.3 cm³/mol. The SMILES string of the molecule is COc1ccccc1NC(=O)COc1cc(=O)n2cccc(C)c2n1. The molecule has 0 atom stereocenters. The van der Waals surface area contributed by atoms with Crippen molar-refractivity contribution in [2.45, 2.75) is 6.92 Å². The Hall–Kier alpha value is -3.35. The number of hydrogen-bond donors (Lipinski definition) is 1. The Morgan fingerprint density at radius 2 is 2.04 bits per heavy atom. The van der Waals surface area contributed by atoms with Crippen LogP contribution in [-0.2, 0) is 4.79 Å². The summed E-state index contributed by atoms with van der Waals surface area (Å²) >= 11 is 0. The van der Waals surface area contributed by atoms with E-state index < -0.39 is 0 Å². The first-order valence-corrected chi connectivity index (χ1v) is 7.63. The van der Waals surface area contributed by atoms with E-state index in [1.807, 2.05) is 13.0 Å². The number of anilines is 1. The Kier molecular flexibility index (Phi) is 4.65. The van der Waals surface area contributed by atoms with Gasteiger partial charge in [-0.3, -0.25) is 14.0 Å². The third kappa shape index (κ3) is 3.60. The summed E-state index contributed by atoms with van der Waals surface area (Å²) in [6.45, 7) is 1.58. The molecular formula is C18H17N3O4. The third-order valence-electron chi connectivity index (χ3n) is 3.59. The highest BCUT2D eigenvalue weighted by Crippen LogP contribution is 2.22. The van der Waals surface area contributed by atoms with Gasteiger partial charge in [-0.1, -0.05) is 18.2 Å². The molecule has 2 heterocycles. The fraction of sp³-hybridized carbons (Fsp3) is 0.167. The minimum Gasteiger partial charge on any atom is -0.495 e. The molecule has 128 valence electrons. The van der Waals surface area contributed by atoms with Crippen LogP contribution >= 0.6 is 0 Å². The quantitative estimate of drug-likeness (QED) is 0.769. The van der Waals surface area contributed by atoms with Crippen molar-refractivity contribution in [3.8, 4) is 11.6 Å². The first-order chi connectivity index (χ1) is 12.1. The fourth-order valence-corrected chi connectivity index (χ4v) is 2.39. The second kappa shape index (κ2) is 7.04. The summed E-state index contributed by atoms with van der Waals surface area (Å²) in [4.78, 5) is 28.4. The van der Waals surface area contributed by atoms with Gasteiger partial charge in [-0.15, -0.1) is 0 Å². The number of methoxy groups -OCH3 is 1. The lowest BCUT2D eigenvalue weighted by molar-refractivity contribution is -0.118. The van der Waals surface area contributed by atoms with Crippen LogP contribution in [0, 0.1) is 6.92 Å². The van der Waals surface area contributed by atoms with Crippen LogP contribution in [0.2, 0.25) is 0 Å². The smallest absolute Gasteiger partial charge is 0.262 e. The van der Waals surface area contributed by atoms with Crippen LogP contribution in [0.4, 0.5) is 5.69 Å². The van der Waals surface area contributed by atoms with E-state index in [1.54, 1.807) is 36.5 Å². The maximum atomic E-state index is 12.1. The van der Waals surface area contributed by atoms with Crippen LogP contribution in [0.25, 0.3) is 5.65 Å². The predicted octanol–water partition coefficient (Wildman–Crippen LogP) is 2.03. The van der Waals surface area contributed by atoms with E-state index in [2.05, 4.69) is 10.3 Å². The number of nitrogens with zero attached hydrogens (tertiary/aromatic N) is 2. The van der Waals surface area contributed by atoms with Gasteiger partial charge in [0, 0.05) is 6.20 Å². The second-order valence-corrected chi connectivity index (χ2v) is 5.35. The minimum absolute atomic E-state index is 0.106. The number of carbonyl (C=O) groups is 1. The number of rotatable bonds is 5. The number of aromatic nitrogens is 2. The van der Waals surface area contributed by atoms with E-state index in [9.17, 15) is 9.59 Å². The lowest BCUT2D eigenvalue weighted by atomic mass is 10.3. The molecule has 0 fully saturated rings. The molecule has 0 aliphatic rings. The van der Waals surface area contributed by atoms with Crippen molar-refractivity contribution < 1.29 is 14.3 Å². The number of para-hydroxylation sites is 2. The molecule has 3 aromatic rings. The van der Waals surface area contributed by atoms with Crippen LogP contribution < -0.4 is 20.3 Å². The molecule has 2 aromatic heterocycles. The Bertz CT molecular complexity index is 981. The molecule has 0 saturated carbocycles. The van der Waals surface area contributed by atoms with E-state index in [0.717, 1.165) is 5.56 Å². The van der Waals surface area contributed by atoms with Gasteiger partial charge >= 0.3 is 0 Å². The molecular weight excluding hydrogens is 322 g/mol. The Balaban J connectivity index is 1.73. The highest BCUT2D eigenvalue weighted by Gasteiger charge is 2.10. The molecule has 0 radical (unpaired) electrons. The fourth-order valence-electron chi connectivity index (χ4n) is 2.39. The number of pyridine rings is 1. The standard InChI is InChI=1S/C18H17N3O4/c1-12-6-5-9-21-17(23)10-16(20-18(12)21)25-11-15(22)19-13-7-3-4-8-14(13)24-2/h3-10H,11H2,1-2H3,(H,19,22). The van der Waals surface area contributed by atoms with Gasteiger partial charge in [0.2, 0.25) is 5.88 Å². The summed E-state index contributed by atoms with van der Waals surface area (Å²) in [6.07, 6.45) is 1.63. The number of amides is 1. The largest absolute Gasteiger partial charge is 0.495 e. The Labute approximate surface area is 143 Å². The van der Waals surface area contributed by atoms with Crippen molar-refractivity contribution in [2.24, 2.45) is 0 Å². The van der Waals surface area contributed by atoms with E-state index in [0.29, 0.717) is 17.1 Å². The van der Waals surface area contributed by atoms with Crippen LogP contribution in [-0.4, -0.2) is 29.0 Å². The van der Waals surface area contributed by atoms with E-state index >= 15 is 0 Å². The van der Waals surface area contributed by atoms with E-state index in [4.69, 9.17) is 9.47 Å². The number of benzene rings is 1. The molecule has 0 spiro atoms. The Morgan fingerprint density at radius 3 is 2.84 bits per heavy atom. The average Bonchev–Trinajstić information content (AvgIpc) is 2.61. The van der Waals surface area contributed by atoms with Crippen molar-refractivity contribution in [3.63, 3.8) is 0 Å². The summed E-state index contributed by atoms with van der Waals surface area (Å²) < 4.78 is 12.0. The number of aryl methyl sites for hydroxylation is 1. The maximum absolute atomic E-state index is 12.1. The van der Waals surface area contributed by atoms with Crippen LogP contribution in [0.5, 0.6) is 11.6 Å². The van der Waals surface area contributed by atoms with Gasteiger partial charge in [0.25, 0.3) is 11.5 Å². The zero-order valence-electron chi connectivity index (χ0n) is 13.9. The number of fused-ring (bicyclic) bond motifs is 1. The summed E-state index contributed by atoms with van der Waals surface area (Å²) in [5.41, 5.74) is 1.61. The molecule has 0 bridgehead atoms. The van der Waals surface area contributed by atoms with Crippen LogP contribution in [0.3, 0.4) is 0 Å². The number of carbonyl (C=O) groups excluding carboxylic acids is 1. The van der Waals surface area contributed by atoms with E-state index in [1.165, 1.54) is 17.6 Å². The van der Waals surface area contributed by atoms with Gasteiger partial charge in [-0.2, -0.15) is 4.98 Å². The highest BCUT2D eigenvalue weighted by atomic mass is 16.5. The van der Waals surface area contributed by atoms with Crippen molar-refractivity contribution in [3.05, 3.63) is 64.6 Å². The zero-order chi connectivity index (χ0) is 17.8. The molecule has 0 aliphatic carbocycles. The van der Waals surface area contributed by atoms with Crippen molar-refractivity contribution in [1.29, 1.82) is 0 Å². The van der Waals surface area contributed by atoms with Gasteiger partial charge in [0.1, 0.15) is 11.4 Å². The van der Waals surface area contributed by atoms with E-state index in [-0.39, 0.29) is 24.0 Å². The second-order valence-electron chi connectivity index (χ2n) is 5.35. The molecule has 3 rings (SSSR count). The first-order valence-electron chi connectivity index (χ1n) is 7.63. The summed E-state index contributed by atoms with van der Waals surface area (Å²) in [5, 5.41) is 2.69. The average molecular weight is 339 g/mol. The molecule has 0 saturated heterocycles. The van der Waals surface area contributed by atoms with Crippen molar-refractivity contribution in [2.75, 3.05) is 19.0 Å². The molecule has 1 amide bonds. The Morgan fingerprint density at radius 1 is 1.24 bits per heavy atom. The molecule has 1 N–H and O–H groups in total. The van der Waals surface area contributed by atoms with Gasteiger partial charge < -0.3 is 14.8 Å². The zero-order valence-corrected chi connectivity index (χ0v) is 13.9. The lowest BCUT2D eigenvalue weighted by Gasteiger charge is -2.11. The molecule has 7 nitrogen and oxygen atoms in total. The molecule has 0 aliphatic heterocycles. The molecule has 1 aromatic carbocycles. The topological polar surface area (TPSA) is 81.9 Å². The van der Waals surface area contributed by atoms with Gasteiger partial charge in [0.05, 0.1) is 18.9 Å². The van der Waals surface area contributed by atoms with Gasteiger partial charge in [0.15, 0.2) is 6.61 Å². The molecule has 25 heavy (non-hydrogen) atoms. The number of ether oxygens (including phenoxy) is 2. The van der Waals surface area contributed by atoms with Crippen molar-refractivity contribution >= 4 is 17.2 Å². The summed E-state index contributed by atoms with van der Waals surface area (Å²) in [5.74, 6) is 0.277. The lowest BCUT2D eigenvalue weighted by Crippen LogP contribution is -2.22. The number of hydrogen-bond acceptors (Lipinski definition) is 5. The summed E-state index contributed by atoms with van der Waals surface area (Å²) in [6, 6.07) is 11.9. The monoisotopic (exact) mass is 339 g/mol. The van der Waals surface area contributed by atoms with Crippen LogP contribution in [0.1, 0.15) is 5.56 Å².